The lowest BCUT2D eigenvalue weighted by molar-refractivity contribution is -0.131. The van der Waals surface area contributed by atoms with Crippen LogP contribution in [-0.2, 0) is 20.8 Å². The number of rotatable bonds is 10. The number of hydrogen-bond donors (Lipinski definition) is 6. The number of carbonyl (C=O) groups excluding carboxylic acids is 3. The Morgan fingerprint density at radius 1 is 0.778 bits per heavy atom. The number of phenolic OH excluding ortho intramolecular Hbond substituents is 2. The number of benzene rings is 3. The normalized spacial score (nSPS) is 13.2. The molecule has 3 unspecified atom stereocenters. The molecule has 188 valence electrons. The number of amides is 3. The summed E-state index contributed by atoms with van der Waals surface area (Å²) in [4.78, 5) is 39.5. The lowest BCUT2D eigenvalue weighted by atomic mass is 9.89. The van der Waals surface area contributed by atoms with Crippen LogP contribution in [0.1, 0.15) is 17.0 Å². The maximum Gasteiger partial charge on any atom is 0.242 e. The van der Waals surface area contributed by atoms with Crippen molar-refractivity contribution in [3.05, 3.63) is 90.0 Å². The predicted octanol–water partition coefficient (Wildman–Crippen LogP) is 1.88. The summed E-state index contributed by atoms with van der Waals surface area (Å²) >= 11 is 0. The molecule has 3 amide bonds. The van der Waals surface area contributed by atoms with E-state index in [-0.39, 0.29) is 17.9 Å². The van der Waals surface area contributed by atoms with Crippen molar-refractivity contribution in [2.45, 2.75) is 24.4 Å². The van der Waals surface area contributed by atoms with E-state index in [0.29, 0.717) is 11.3 Å². The number of aromatic hydroxyl groups is 2. The lowest BCUT2D eigenvalue weighted by Gasteiger charge is -2.28. The van der Waals surface area contributed by atoms with Crippen LogP contribution in [0.5, 0.6) is 11.5 Å². The first-order valence-corrected chi connectivity index (χ1v) is 11.4. The van der Waals surface area contributed by atoms with Gasteiger partial charge in [-0.3, -0.25) is 14.4 Å². The molecule has 0 bridgehead atoms. The molecule has 0 saturated heterocycles. The molecule has 6 N–H and O–H groups in total. The molecule has 0 fully saturated rings. The molecule has 0 aromatic heterocycles. The Bertz CT molecular complexity index is 1180. The Morgan fingerprint density at radius 2 is 1.47 bits per heavy atom. The zero-order chi connectivity index (χ0) is 26.1. The fourth-order valence-electron chi connectivity index (χ4n) is 3.92. The van der Waals surface area contributed by atoms with Crippen molar-refractivity contribution in [1.82, 2.24) is 16.0 Å². The second-order valence-electron chi connectivity index (χ2n) is 8.24. The van der Waals surface area contributed by atoms with Gasteiger partial charge in [0, 0.05) is 25.2 Å². The van der Waals surface area contributed by atoms with E-state index >= 15 is 0 Å². The van der Waals surface area contributed by atoms with Crippen LogP contribution >= 0.6 is 0 Å². The Balaban J connectivity index is 1.87. The highest BCUT2D eigenvalue weighted by Gasteiger charge is 2.36. The molecule has 0 aliphatic heterocycles. The van der Waals surface area contributed by atoms with Gasteiger partial charge in [0.1, 0.15) is 23.6 Å². The molecule has 3 atom stereocenters. The average molecular weight is 491 g/mol. The van der Waals surface area contributed by atoms with E-state index in [0.717, 1.165) is 5.56 Å². The van der Waals surface area contributed by atoms with Gasteiger partial charge in [-0.05, 0) is 42.4 Å². The summed E-state index contributed by atoms with van der Waals surface area (Å²) in [6.07, 6.45) is 0.188. The quantitative estimate of drug-likeness (QED) is 0.257. The van der Waals surface area contributed by atoms with Gasteiger partial charge < -0.3 is 31.5 Å². The molecule has 0 aliphatic carbocycles. The third-order valence-corrected chi connectivity index (χ3v) is 5.74. The molecule has 3 aromatic carbocycles. The highest BCUT2D eigenvalue weighted by molar-refractivity contribution is 6.01. The van der Waals surface area contributed by atoms with E-state index in [4.69, 9.17) is 0 Å². The van der Waals surface area contributed by atoms with Crippen molar-refractivity contribution in [2.75, 3.05) is 19.4 Å². The van der Waals surface area contributed by atoms with Crippen molar-refractivity contribution >= 4 is 23.4 Å². The molecule has 9 heteroatoms. The molecule has 3 rings (SSSR count). The molecule has 36 heavy (non-hydrogen) atoms. The molecular weight excluding hydrogens is 460 g/mol. The molecule has 3 aromatic rings. The summed E-state index contributed by atoms with van der Waals surface area (Å²) in [6.45, 7) is 0. The van der Waals surface area contributed by atoms with Gasteiger partial charge in [0.05, 0.1) is 5.92 Å². The van der Waals surface area contributed by atoms with Crippen LogP contribution in [0.2, 0.25) is 0 Å². The van der Waals surface area contributed by atoms with Gasteiger partial charge in [0.15, 0.2) is 0 Å². The van der Waals surface area contributed by atoms with Gasteiger partial charge in [-0.15, -0.1) is 0 Å². The van der Waals surface area contributed by atoms with Gasteiger partial charge >= 0.3 is 0 Å². The van der Waals surface area contributed by atoms with Crippen LogP contribution in [0.25, 0.3) is 0 Å². The SMILES string of the molecule is CNC(=O)C(Cc1ccc(O)cc1)NC(=O)C(NC)C(C(=O)Nc1cccc(O)c1)c1ccccc1. The second kappa shape index (κ2) is 12.4. The summed E-state index contributed by atoms with van der Waals surface area (Å²) < 4.78 is 0. The van der Waals surface area contributed by atoms with Gasteiger partial charge in [-0.25, -0.2) is 0 Å². The van der Waals surface area contributed by atoms with Crippen molar-refractivity contribution in [3.63, 3.8) is 0 Å². The largest absolute Gasteiger partial charge is 0.508 e. The number of nitrogens with one attached hydrogen (secondary N) is 4. The van der Waals surface area contributed by atoms with Crippen LogP contribution in [0.15, 0.2) is 78.9 Å². The maximum absolute atomic E-state index is 13.5. The minimum absolute atomic E-state index is 0.00498. The fraction of sp³-hybridized carbons (Fsp3) is 0.222. The standard InChI is InChI=1S/C27H30N4O5/c1-28-24(27(36)31-22(25(34)29-2)15-17-11-13-20(32)14-12-17)23(18-7-4-3-5-8-18)26(35)30-19-9-6-10-21(33)16-19/h3-14,16,22-24,28,32-33H,15H2,1-2H3,(H,29,34)(H,30,35)(H,31,36). The van der Waals surface area contributed by atoms with Crippen LogP contribution in [0, 0.1) is 0 Å². The van der Waals surface area contributed by atoms with Crippen LogP contribution in [0.4, 0.5) is 5.69 Å². The van der Waals surface area contributed by atoms with E-state index in [9.17, 15) is 24.6 Å². The Hall–Kier alpha value is -4.37. The number of hydrogen-bond acceptors (Lipinski definition) is 6. The molecule has 0 saturated carbocycles. The van der Waals surface area contributed by atoms with E-state index in [2.05, 4.69) is 21.3 Å². The molecule has 0 heterocycles. The predicted molar refractivity (Wildman–Crippen MR) is 137 cm³/mol. The highest BCUT2D eigenvalue weighted by Crippen LogP contribution is 2.24. The summed E-state index contributed by atoms with van der Waals surface area (Å²) in [5.41, 5.74) is 1.72. The van der Waals surface area contributed by atoms with Crippen molar-refractivity contribution < 1.29 is 24.6 Å². The molecular formula is C27H30N4O5. The summed E-state index contributed by atoms with van der Waals surface area (Å²) in [5, 5.41) is 30.3. The van der Waals surface area contributed by atoms with Gasteiger partial charge in [-0.1, -0.05) is 48.5 Å². The number of anilines is 1. The molecule has 0 spiro atoms. The van der Waals surface area contributed by atoms with E-state index in [1.54, 1.807) is 61.6 Å². The Kier molecular flexibility index (Phi) is 9.01. The molecule has 0 aliphatic rings. The maximum atomic E-state index is 13.5. The zero-order valence-electron chi connectivity index (χ0n) is 20.1. The second-order valence-corrected chi connectivity index (χ2v) is 8.24. The van der Waals surface area contributed by atoms with Crippen LogP contribution in [-0.4, -0.2) is 54.1 Å². The Labute approximate surface area is 209 Å². The first-order valence-electron chi connectivity index (χ1n) is 11.4. The minimum atomic E-state index is -1.02. The zero-order valence-corrected chi connectivity index (χ0v) is 20.1. The topological polar surface area (TPSA) is 140 Å². The van der Waals surface area contributed by atoms with Crippen molar-refractivity contribution in [2.24, 2.45) is 0 Å². The monoisotopic (exact) mass is 490 g/mol. The third-order valence-electron chi connectivity index (χ3n) is 5.74. The van der Waals surface area contributed by atoms with Gasteiger partial charge in [0.2, 0.25) is 17.7 Å². The summed E-state index contributed by atoms with van der Waals surface area (Å²) in [6, 6.07) is 19.4. The van der Waals surface area contributed by atoms with Gasteiger partial charge in [0.25, 0.3) is 0 Å². The molecule has 9 nitrogen and oxygen atoms in total. The van der Waals surface area contributed by atoms with Crippen LogP contribution in [0.3, 0.4) is 0 Å². The van der Waals surface area contributed by atoms with E-state index in [1.165, 1.54) is 31.3 Å². The average Bonchev–Trinajstić information content (AvgIpc) is 2.87. The first-order chi connectivity index (χ1) is 17.3. The summed E-state index contributed by atoms with van der Waals surface area (Å²) in [7, 11) is 3.04. The smallest absolute Gasteiger partial charge is 0.242 e. The number of carbonyl (C=O) groups is 3. The van der Waals surface area contributed by atoms with Crippen molar-refractivity contribution in [1.29, 1.82) is 0 Å². The van der Waals surface area contributed by atoms with E-state index in [1.807, 2.05) is 0 Å². The first kappa shape index (κ1) is 26.2. The lowest BCUT2D eigenvalue weighted by Crippen LogP contribution is -2.55. The number of likely N-dealkylation sites (N-methyl/N-ethyl adjacent to an activating group) is 2. The number of phenols is 2. The van der Waals surface area contributed by atoms with Crippen molar-refractivity contribution in [3.8, 4) is 11.5 Å². The minimum Gasteiger partial charge on any atom is -0.508 e. The highest BCUT2D eigenvalue weighted by atomic mass is 16.3. The molecule has 0 radical (unpaired) electrons. The third kappa shape index (κ3) is 6.83. The Morgan fingerprint density at radius 3 is 2.08 bits per heavy atom. The van der Waals surface area contributed by atoms with Crippen LogP contribution < -0.4 is 21.3 Å². The fourth-order valence-corrected chi connectivity index (χ4v) is 3.92. The van der Waals surface area contributed by atoms with Gasteiger partial charge in [-0.2, -0.15) is 0 Å². The van der Waals surface area contributed by atoms with E-state index < -0.39 is 35.7 Å². The summed E-state index contributed by atoms with van der Waals surface area (Å²) in [5.74, 6) is -2.25.